The number of nitrogens with zero attached hydrogens (tertiary/aromatic N) is 4. The monoisotopic (exact) mass is 455 g/mol. The lowest BCUT2D eigenvalue weighted by Crippen LogP contribution is -2.28. The minimum absolute atomic E-state index is 0.0458. The maximum Gasteiger partial charge on any atom is 0.233 e. The van der Waals surface area contributed by atoms with Gasteiger partial charge < -0.3 is 25.0 Å². The van der Waals surface area contributed by atoms with Gasteiger partial charge in [0.25, 0.3) is 0 Å². The number of carbonyl (C=O) groups excluding carboxylic acids is 1. The van der Waals surface area contributed by atoms with Crippen molar-refractivity contribution in [1.29, 1.82) is 0 Å². The van der Waals surface area contributed by atoms with E-state index in [2.05, 4.69) is 10.2 Å². The quantitative estimate of drug-likeness (QED) is 0.408. The van der Waals surface area contributed by atoms with E-state index in [-0.39, 0.29) is 11.7 Å². The molecule has 9 nitrogen and oxygen atoms in total. The fourth-order valence-corrected chi connectivity index (χ4v) is 4.02. The Morgan fingerprint density at radius 3 is 2.66 bits per heavy atom. The van der Waals surface area contributed by atoms with Crippen molar-refractivity contribution in [3.8, 4) is 28.6 Å². The highest BCUT2D eigenvalue weighted by atomic mass is 32.2. The molecule has 32 heavy (non-hydrogen) atoms. The smallest absolute Gasteiger partial charge is 0.233 e. The molecule has 0 fully saturated rings. The summed E-state index contributed by atoms with van der Waals surface area (Å²) in [5.41, 5.74) is 1.78. The van der Waals surface area contributed by atoms with Crippen LogP contribution in [-0.2, 0) is 11.3 Å². The molecule has 0 atom stereocenters. The van der Waals surface area contributed by atoms with Crippen molar-refractivity contribution in [2.75, 3.05) is 38.5 Å². The average molecular weight is 456 g/mol. The number of fused-ring (bicyclic) bond motifs is 1. The molecule has 0 unspecified atom stereocenters. The number of thioether (sulfide) groups is 1. The van der Waals surface area contributed by atoms with Crippen molar-refractivity contribution in [3.63, 3.8) is 0 Å². The van der Waals surface area contributed by atoms with E-state index in [4.69, 9.17) is 20.1 Å². The van der Waals surface area contributed by atoms with E-state index in [1.54, 1.807) is 11.9 Å². The summed E-state index contributed by atoms with van der Waals surface area (Å²) >= 11 is 1.25. The Morgan fingerprint density at radius 1 is 1.16 bits per heavy atom. The third kappa shape index (κ3) is 4.91. The summed E-state index contributed by atoms with van der Waals surface area (Å²) in [5, 5.41) is 8.77. The minimum atomic E-state index is -0.0458. The summed E-state index contributed by atoms with van der Waals surface area (Å²) in [6, 6.07) is 13.2. The second-order valence-corrected chi connectivity index (χ2v) is 8.09. The van der Waals surface area contributed by atoms with Crippen LogP contribution in [0.25, 0.3) is 11.4 Å². The molecule has 4 rings (SSSR count). The predicted molar refractivity (Wildman–Crippen MR) is 121 cm³/mol. The highest BCUT2D eigenvalue weighted by molar-refractivity contribution is 7.99. The van der Waals surface area contributed by atoms with E-state index in [1.807, 2.05) is 49.4 Å². The van der Waals surface area contributed by atoms with Gasteiger partial charge in [-0.3, -0.25) is 4.79 Å². The summed E-state index contributed by atoms with van der Waals surface area (Å²) in [5.74, 6) is 9.06. The highest BCUT2D eigenvalue weighted by Gasteiger charge is 2.17. The first-order valence-electron chi connectivity index (χ1n) is 10.2. The van der Waals surface area contributed by atoms with Crippen molar-refractivity contribution in [2.45, 2.75) is 18.6 Å². The van der Waals surface area contributed by atoms with Gasteiger partial charge in [0.15, 0.2) is 17.3 Å². The molecule has 168 valence electrons. The van der Waals surface area contributed by atoms with Crippen molar-refractivity contribution in [3.05, 3.63) is 48.0 Å². The zero-order valence-electron chi connectivity index (χ0n) is 18.0. The first kappa shape index (κ1) is 21.8. The zero-order chi connectivity index (χ0) is 22.5. The number of rotatable bonds is 8. The lowest BCUT2D eigenvalue weighted by atomic mass is 10.2. The third-order valence-corrected chi connectivity index (χ3v) is 5.79. The Balaban J connectivity index is 1.34. The topological polar surface area (TPSA) is 105 Å². The molecular formula is C22H25N5O4S. The van der Waals surface area contributed by atoms with E-state index in [0.29, 0.717) is 43.1 Å². The van der Waals surface area contributed by atoms with Crippen molar-refractivity contribution >= 4 is 17.7 Å². The lowest BCUT2D eigenvalue weighted by Gasteiger charge is -2.21. The fraction of sp³-hybridized carbons (Fsp3) is 0.318. The van der Waals surface area contributed by atoms with Gasteiger partial charge in [-0.2, -0.15) is 0 Å². The van der Waals surface area contributed by atoms with E-state index in [0.717, 1.165) is 22.6 Å². The second-order valence-electron chi connectivity index (χ2n) is 7.15. The number of amides is 1. The van der Waals surface area contributed by atoms with Crippen LogP contribution in [0.1, 0.15) is 12.5 Å². The Kier molecular flexibility index (Phi) is 6.69. The van der Waals surface area contributed by atoms with Crippen molar-refractivity contribution in [1.82, 2.24) is 19.8 Å². The Hall–Kier alpha value is -3.40. The van der Waals surface area contributed by atoms with E-state index >= 15 is 0 Å². The first-order valence-corrected chi connectivity index (χ1v) is 11.2. The Morgan fingerprint density at radius 2 is 1.91 bits per heavy atom. The number of hydrogen-bond donors (Lipinski definition) is 1. The molecule has 0 bridgehead atoms. The van der Waals surface area contributed by atoms with Gasteiger partial charge in [-0.1, -0.05) is 17.8 Å². The van der Waals surface area contributed by atoms with Gasteiger partial charge in [0.2, 0.25) is 11.1 Å². The van der Waals surface area contributed by atoms with Crippen molar-refractivity contribution in [2.24, 2.45) is 0 Å². The molecule has 0 saturated carbocycles. The third-order valence-electron chi connectivity index (χ3n) is 4.86. The normalized spacial score (nSPS) is 12.4. The molecule has 0 radical (unpaired) electrons. The lowest BCUT2D eigenvalue weighted by molar-refractivity contribution is -0.127. The summed E-state index contributed by atoms with van der Waals surface area (Å²) in [7, 11) is 1.76. The van der Waals surface area contributed by atoms with Crippen molar-refractivity contribution < 1.29 is 19.0 Å². The SMILES string of the molecule is CCOc1ccc(-c2nnc(SCC(=O)N(C)Cc3ccc4c(c3)OCCO4)n2N)cc1. The van der Waals surface area contributed by atoms with Crippen LogP contribution < -0.4 is 20.1 Å². The Labute approximate surface area is 190 Å². The zero-order valence-corrected chi connectivity index (χ0v) is 18.8. The molecule has 1 amide bonds. The molecule has 1 aromatic heterocycles. The first-order chi connectivity index (χ1) is 15.5. The summed E-state index contributed by atoms with van der Waals surface area (Å²) in [6.45, 7) is 4.07. The van der Waals surface area contributed by atoms with Gasteiger partial charge in [0.1, 0.15) is 19.0 Å². The molecule has 2 N–H and O–H groups in total. The number of nitrogen functional groups attached to an aromatic ring is 1. The van der Waals surface area contributed by atoms with Crippen LogP contribution in [-0.4, -0.2) is 58.3 Å². The molecule has 0 saturated heterocycles. The van der Waals surface area contributed by atoms with E-state index in [1.165, 1.54) is 16.4 Å². The number of hydrogen-bond acceptors (Lipinski definition) is 8. The number of nitrogens with two attached hydrogens (primary N) is 1. The van der Waals surface area contributed by atoms with E-state index in [9.17, 15) is 4.79 Å². The number of ether oxygens (including phenoxy) is 3. The summed E-state index contributed by atoms with van der Waals surface area (Å²) in [4.78, 5) is 14.3. The van der Waals surface area contributed by atoms with Crippen LogP contribution in [0, 0.1) is 0 Å². The summed E-state index contributed by atoms with van der Waals surface area (Å²) < 4.78 is 18.0. The minimum Gasteiger partial charge on any atom is -0.494 e. The largest absolute Gasteiger partial charge is 0.494 e. The number of benzene rings is 2. The van der Waals surface area contributed by atoms with Crippen LogP contribution in [0.2, 0.25) is 0 Å². The highest BCUT2D eigenvalue weighted by Crippen LogP contribution is 2.31. The maximum atomic E-state index is 12.6. The van der Waals surface area contributed by atoms with Gasteiger partial charge in [0.05, 0.1) is 12.4 Å². The summed E-state index contributed by atoms with van der Waals surface area (Å²) in [6.07, 6.45) is 0. The van der Waals surface area contributed by atoms with Gasteiger partial charge >= 0.3 is 0 Å². The van der Waals surface area contributed by atoms with Crippen LogP contribution >= 0.6 is 11.8 Å². The van der Waals surface area contributed by atoms with Crippen LogP contribution in [0.3, 0.4) is 0 Å². The van der Waals surface area contributed by atoms with Gasteiger partial charge in [-0.15, -0.1) is 10.2 Å². The van der Waals surface area contributed by atoms with Gasteiger partial charge in [-0.05, 0) is 48.9 Å². The van der Waals surface area contributed by atoms with Crippen LogP contribution in [0.5, 0.6) is 17.2 Å². The molecule has 0 spiro atoms. The van der Waals surface area contributed by atoms with Gasteiger partial charge in [-0.25, -0.2) is 4.68 Å². The molecule has 0 aliphatic carbocycles. The molecule has 1 aliphatic heterocycles. The van der Waals surface area contributed by atoms with Gasteiger partial charge in [0, 0.05) is 19.2 Å². The van der Waals surface area contributed by atoms with Crippen LogP contribution in [0.4, 0.5) is 0 Å². The molecule has 10 heteroatoms. The maximum absolute atomic E-state index is 12.6. The molecule has 3 aromatic rings. The molecular weight excluding hydrogens is 430 g/mol. The number of carbonyl (C=O) groups is 1. The predicted octanol–water partition coefficient (Wildman–Crippen LogP) is 2.58. The molecule has 1 aliphatic rings. The molecule has 2 aromatic carbocycles. The number of aromatic nitrogens is 3. The standard InChI is InChI=1S/C22H25N5O4S/c1-3-29-17-7-5-16(6-8-17)21-24-25-22(27(21)23)32-14-20(28)26(2)13-15-4-9-18-19(12-15)31-11-10-30-18/h4-9,12H,3,10-11,13-14,23H2,1-2H3. The Bertz CT molecular complexity index is 1090. The molecule has 2 heterocycles. The van der Waals surface area contributed by atoms with E-state index < -0.39 is 0 Å². The fourth-order valence-electron chi connectivity index (χ4n) is 3.22. The average Bonchev–Trinajstić information content (AvgIpc) is 3.18. The van der Waals surface area contributed by atoms with Crippen LogP contribution in [0.15, 0.2) is 47.6 Å². The second kappa shape index (κ2) is 9.82.